The average molecular weight is 446 g/mol. The number of nitrogens with zero attached hydrogens (tertiary/aromatic N) is 4. The van der Waals surface area contributed by atoms with Gasteiger partial charge in [0.15, 0.2) is 0 Å². The highest BCUT2D eigenvalue weighted by Crippen LogP contribution is 2.30. The van der Waals surface area contributed by atoms with E-state index in [1.54, 1.807) is 48.9 Å². The Kier molecular flexibility index (Phi) is 5.75. The average Bonchev–Trinajstić information content (AvgIpc) is 3.35. The fourth-order valence-electron chi connectivity index (χ4n) is 3.68. The number of nitrogens with one attached hydrogen (secondary N) is 2. The SMILES string of the molecule is Cc1cc(C(=O)NCc2ccc(-c3c(C)nn(-c4ccc(C#N)c(F)c4)c3C)cc2F)n[nH]1. The largest absolute Gasteiger partial charge is 0.346 e. The Hall–Kier alpha value is -4.32. The lowest BCUT2D eigenvalue weighted by Gasteiger charge is -2.09. The van der Waals surface area contributed by atoms with Crippen molar-refractivity contribution in [1.82, 2.24) is 25.3 Å². The highest BCUT2D eigenvalue weighted by atomic mass is 19.1. The number of benzene rings is 2. The van der Waals surface area contributed by atoms with Crippen LogP contribution in [0.1, 0.15) is 38.7 Å². The van der Waals surface area contributed by atoms with Crippen molar-refractivity contribution < 1.29 is 13.6 Å². The Labute approximate surface area is 188 Å². The van der Waals surface area contributed by atoms with Crippen molar-refractivity contribution in [2.45, 2.75) is 27.3 Å². The zero-order chi connectivity index (χ0) is 23.7. The molecule has 0 spiro atoms. The molecule has 0 saturated carbocycles. The molecule has 0 unspecified atom stereocenters. The summed E-state index contributed by atoms with van der Waals surface area (Å²) in [6, 6.07) is 12.4. The van der Waals surface area contributed by atoms with Gasteiger partial charge >= 0.3 is 0 Å². The van der Waals surface area contributed by atoms with E-state index in [4.69, 9.17) is 5.26 Å². The third kappa shape index (κ3) is 4.23. The molecular formula is C24H20F2N6O. The fraction of sp³-hybridized carbons (Fsp3) is 0.167. The van der Waals surface area contributed by atoms with Gasteiger partial charge in [0.2, 0.25) is 0 Å². The summed E-state index contributed by atoms with van der Waals surface area (Å²) in [5.74, 6) is -1.50. The molecule has 2 aromatic heterocycles. The van der Waals surface area contributed by atoms with Gasteiger partial charge in [0.05, 0.1) is 16.9 Å². The van der Waals surface area contributed by atoms with Crippen molar-refractivity contribution in [3.05, 3.63) is 88.0 Å². The third-order valence-corrected chi connectivity index (χ3v) is 5.33. The molecule has 0 bridgehead atoms. The molecule has 2 N–H and O–H groups in total. The molecule has 2 heterocycles. The van der Waals surface area contributed by atoms with Gasteiger partial charge in [-0.2, -0.15) is 15.5 Å². The molecule has 4 aromatic rings. The maximum Gasteiger partial charge on any atom is 0.272 e. The standard InChI is InChI=1S/C24H20F2N6O/c1-13-8-22(30-29-13)24(33)28-12-18-5-4-16(9-20(18)25)23-14(2)31-32(15(23)3)19-7-6-17(11-27)21(26)10-19/h4-10H,12H2,1-3H3,(H,28,33)(H,29,30). The van der Waals surface area contributed by atoms with Crippen molar-refractivity contribution in [2.24, 2.45) is 0 Å². The molecule has 0 saturated heterocycles. The summed E-state index contributed by atoms with van der Waals surface area (Å²) in [6.45, 7) is 5.39. The van der Waals surface area contributed by atoms with E-state index in [1.807, 2.05) is 6.92 Å². The summed E-state index contributed by atoms with van der Waals surface area (Å²) in [5, 5.41) is 22.6. The second-order valence-electron chi connectivity index (χ2n) is 7.66. The molecule has 1 amide bonds. The number of aryl methyl sites for hydroxylation is 2. The number of H-pyrrole nitrogens is 1. The van der Waals surface area contributed by atoms with Crippen LogP contribution in [0.4, 0.5) is 8.78 Å². The Bertz CT molecular complexity index is 1410. The zero-order valence-electron chi connectivity index (χ0n) is 18.2. The molecule has 0 radical (unpaired) electrons. The first kappa shape index (κ1) is 21.9. The molecule has 166 valence electrons. The molecule has 9 heteroatoms. The Morgan fingerprint density at radius 1 is 1.12 bits per heavy atom. The number of nitriles is 1. The van der Waals surface area contributed by atoms with Gasteiger partial charge < -0.3 is 5.32 Å². The number of rotatable bonds is 5. The minimum Gasteiger partial charge on any atom is -0.346 e. The van der Waals surface area contributed by atoms with Gasteiger partial charge in [0.25, 0.3) is 5.91 Å². The first-order valence-corrected chi connectivity index (χ1v) is 10.1. The quantitative estimate of drug-likeness (QED) is 0.478. The molecule has 0 aliphatic carbocycles. The molecule has 2 aromatic carbocycles. The van der Waals surface area contributed by atoms with Gasteiger partial charge in [-0.1, -0.05) is 12.1 Å². The number of aromatic nitrogens is 4. The first-order valence-electron chi connectivity index (χ1n) is 10.1. The molecule has 33 heavy (non-hydrogen) atoms. The Morgan fingerprint density at radius 2 is 1.91 bits per heavy atom. The topological polar surface area (TPSA) is 99.4 Å². The van der Waals surface area contributed by atoms with E-state index in [9.17, 15) is 13.6 Å². The van der Waals surface area contributed by atoms with Crippen molar-refractivity contribution in [1.29, 1.82) is 5.26 Å². The highest BCUT2D eigenvalue weighted by molar-refractivity contribution is 5.92. The maximum atomic E-state index is 14.8. The number of hydrogen-bond acceptors (Lipinski definition) is 4. The summed E-state index contributed by atoms with van der Waals surface area (Å²) < 4.78 is 30.5. The van der Waals surface area contributed by atoms with Gasteiger partial charge in [-0.15, -0.1) is 0 Å². The Balaban J connectivity index is 1.58. The van der Waals surface area contributed by atoms with Crippen LogP contribution in [0.3, 0.4) is 0 Å². The van der Waals surface area contributed by atoms with Crippen molar-refractivity contribution in [2.75, 3.05) is 0 Å². The predicted molar refractivity (Wildman–Crippen MR) is 118 cm³/mol. The monoisotopic (exact) mass is 446 g/mol. The third-order valence-electron chi connectivity index (χ3n) is 5.33. The van der Waals surface area contributed by atoms with Gasteiger partial charge in [0, 0.05) is 35.1 Å². The molecule has 0 fully saturated rings. The van der Waals surface area contributed by atoms with E-state index in [-0.39, 0.29) is 17.8 Å². The number of aromatic amines is 1. The van der Waals surface area contributed by atoms with Crippen molar-refractivity contribution >= 4 is 5.91 Å². The number of carbonyl (C=O) groups is 1. The van der Waals surface area contributed by atoms with E-state index >= 15 is 0 Å². The summed E-state index contributed by atoms with van der Waals surface area (Å²) in [7, 11) is 0. The number of carbonyl (C=O) groups excluding carboxylic acids is 1. The molecule has 0 aliphatic rings. The van der Waals surface area contributed by atoms with Crippen LogP contribution < -0.4 is 5.32 Å². The van der Waals surface area contributed by atoms with E-state index in [0.717, 1.165) is 11.3 Å². The van der Waals surface area contributed by atoms with Crippen LogP contribution in [0, 0.1) is 43.7 Å². The molecular weight excluding hydrogens is 426 g/mol. The predicted octanol–water partition coefficient (Wildman–Crippen LogP) is 4.27. The van der Waals surface area contributed by atoms with Gasteiger partial charge in [-0.25, -0.2) is 13.5 Å². The first-order chi connectivity index (χ1) is 15.8. The summed E-state index contributed by atoms with van der Waals surface area (Å²) in [4.78, 5) is 12.2. The molecule has 7 nitrogen and oxygen atoms in total. The minimum atomic E-state index is -0.633. The second kappa shape index (κ2) is 8.67. The Morgan fingerprint density at radius 3 is 2.55 bits per heavy atom. The van der Waals surface area contributed by atoms with Crippen molar-refractivity contribution in [3.63, 3.8) is 0 Å². The van der Waals surface area contributed by atoms with Crippen LogP contribution in [-0.2, 0) is 6.54 Å². The van der Waals surface area contributed by atoms with Gasteiger partial charge in [-0.05, 0) is 50.6 Å². The van der Waals surface area contributed by atoms with Crippen LogP contribution in [0.15, 0.2) is 42.5 Å². The number of amides is 1. The van der Waals surface area contributed by atoms with E-state index in [2.05, 4.69) is 20.6 Å². The molecule has 0 atom stereocenters. The normalized spacial score (nSPS) is 10.8. The van der Waals surface area contributed by atoms with E-state index in [0.29, 0.717) is 28.2 Å². The number of halogens is 2. The van der Waals surface area contributed by atoms with Gasteiger partial charge in [0.1, 0.15) is 23.4 Å². The number of hydrogen-bond donors (Lipinski definition) is 2. The lowest BCUT2D eigenvalue weighted by molar-refractivity contribution is 0.0945. The maximum absolute atomic E-state index is 14.8. The summed E-state index contributed by atoms with van der Waals surface area (Å²) >= 11 is 0. The molecule has 4 rings (SSSR count). The fourth-order valence-corrected chi connectivity index (χ4v) is 3.68. The molecule has 0 aliphatic heterocycles. The van der Waals surface area contributed by atoms with Crippen LogP contribution in [0.5, 0.6) is 0 Å². The van der Waals surface area contributed by atoms with Gasteiger partial charge in [-0.3, -0.25) is 9.89 Å². The van der Waals surface area contributed by atoms with Crippen LogP contribution in [-0.4, -0.2) is 25.9 Å². The lowest BCUT2D eigenvalue weighted by atomic mass is 10.0. The minimum absolute atomic E-state index is 0.0125. The highest BCUT2D eigenvalue weighted by Gasteiger charge is 2.17. The van der Waals surface area contributed by atoms with Crippen LogP contribution in [0.25, 0.3) is 16.8 Å². The summed E-state index contributed by atoms with van der Waals surface area (Å²) in [5.41, 5.74) is 4.42. The van der Waals surface area contributed by atoms with Crippen LogP contribution in [0.2, 0.25) is 0 Å². The summed E-state index contributed by atoms with van der Waals surface area (Å²) in [6.07, 6.45) is 0. The van der Waals surface area contributed by atoms with Crippen molar-refractivity contribution in [3.8, 4) is 22.9 Å². The van der Waals surface area contributed by atoms with Crippen LogP contribution >= 0.6 is 0 Å². The van der Waals surface area contributed by atoms with E-state index < -0.39 is 17.5 Å². The lowest BCUT2D eigenvalue weighted by Crippen LogP contribution is -2.23. The smallest absolute Gasteiger partial charge is 0.272 e. The zero-order valence-corrected chi connectivity index (χ0v) is 18.2. The second-order valence-corrected chi connectivity index (χ2v) is 7.66. The van der Waals surface area contributed by atoms with E-state index in [1.165, 1.54) is 18.2 Å².